The predicted octanol–water partition coefficient (Wildman–Crippen LogP) is 0.644. The first-order valence-electron chi connectivity index (χ1n) is 9.38. The van der Waals surface area contributed by atoms with Crippen molar-refractivity contribution < 1.29 is 4.79 Å². The maximum absolute atomic E-state index is 12.7. The van der Waals surface area contributed by atoms with Gasteiger partial charge >= 0.3 is 0 Å². The van der Waals surface area contributed by atoms with E-state index in [1.807, 2.05) is 11.8 Å². The summed E-state index contributed by atoms with van der Waals surface area (Å²) in [5.74, 6) is 0.428. The molecule has 3 heterocycles. The molecule has 3 rings (SSSR count). The highest BCUT2D eigenvalue weighted by atomic mass is 16.2. The summed E-state index contributed by atoms with van der Waals surface area (Å²) in [6.45, 7) is 7.91. The summed E-state index contributed by atoms with van der Waals surface area (Å²) in [6.07, 6.45) is 4.37. The van der Waals surface area contributed by atoms with Gasteiger partial charge in [0.1, 0.15) is 0 Å². The molecule has 0 aliphatic carbocycles. The van der Waals surface area contributed by atoms with Gasteiger partial charge in [-0.2, -0.15) is 5.10 Å². The number of hydrogen-bond donors (Lipinski definition) is 0. The molecule has 2 saturated heterocycles. The normalized spacial score (nSPS) is 20.1. The maximum atomic E-state index is 12.7. The van der Waals surface area contributed by atoms with E-state index in [0.29, 0.717) is 12.5 Å². The average molecular weight is 347 g/mol. The molecule has 25 heavy (non-hydrogen) atoms. The fourth-order valence-corrected chi connectivity index (χ4v) is 3.65. The zero-order valence-corrected chi connectivity index (χ0v) is 15.4. The van der Waals surface area contributed by atoms with Crippen molar-refractivity contribution in [3.8, 4) is 0 Å². The molecular weight excluding hydrogens is 318 g/mol. The third-order valence-corrected chi connectivity index (χ3v) is 5.31. The Bertz CT molecular complexity index is 643. The van der Waals surface area contributed by atoms with E-state index < -0.39 is 0 Å². The zero-order valence-electron chi connectivity index (χ0n) is 15.4. The lowest BCUT2D eigenvalue weighted by atomic mass is 9.94. The molecule has 0 N–H and O–H groups in total. The number of carbonyl (C=O) groups excluding carboxylic acids is 1. The molecule has 0 saturated carbocycles. The largest absolute Gasteiger partial charge is 0.370 e. The number of rotatable bonds is 4. The van der Waals surface area contributed by atoms with Crippen LogP contribution < -0.4 is 10.5 Å². The highest BCUT2D eigenvalue weighted by Gasteiger charge is 2.30. The van der Waals surface area contributed by atoms with Gasteiger partial charge < -0.3 is 14.7 Å². The van der Waals surface area contributed by atoms with Crippen molar-refractivity contribution in [2.45, 2.75) is 32.7 Å². The SMILES string of the molecule is CCCn1ncc(N2CCC(C(=O)N3CCN(C)CC3)CC2)cc1=O. The first kappa shape index (κ1) is 17.9. The van der Waals surface area contributed by atoms with Crippen molar-refractivity contribution in [1.82, 2.24) is 19.6 Å². The van der Waals surface area contributed by atoms with Gasteiger partial charge in [-0.15, -0.1) is 0 Å². The number of amides is 1. The third-order valence-electron chi connectivity index (χ3n) is 5.31. The number of aromatic nitrogens is 2. The van der Waals surface area contributed by atoms with Crippen LogP contribution in [0.4, 0.5) is 5.69 Å². The van der Waals surface area contributed by atoms with Crippen molar-refractivity contribution in [2.24, 2.45) is 5.92 Å². The molecule has 0 unspecified atom stereocenters. The summed E-state index contributed by atoms with van der Waals surface area (Å²) < 4.78 is 1.51. The Labute approximate surface area is 149 Å². The Hall–Kier alpha value is -1.89. The van der Waals surface area contributed by atoms with Gasteiger partial charge in [-0.1, -0.05) is 6.92 Å². The van der Waals surface area contributed by atoms with Crippen molar-refractivity contribution in [3.05, 3.63) is 22.6 Å². The number of anilines is 1. The number of piperazine rings is 1. The molecule has 1 aromatic heterocycles. The second kappa shape index (κ2) is 7.99. The van der Waals surface area contributed by atoms with Gasteiger partial charge in [0.25, 0.3) is 5.56 Å². The Morgan fingerprint density at radius 3 is 2.44 bits per heavy atom. The van der Waals surface area contributed by atoms with Crippen molar-refractivity contribution in [2.75, 3.05) is 51.2 Å². The summed E-state index contributed by atoms with van der Waals surface area (Å²) >= 11 is 0. The maximum Gasteiger partial charge on any atom is 0.268 e. The monoisotopic (exact) mass is 347 g/mol. The average Bonchev–Trinajstić information content (AvgIpc) is 2.64. The van der Waals surface area contributed by atoms with Crippen LogP contribution in [0.5, 0.6) is 0 Å². The van der Waals surface area contributed by atoms with Crippen LogP contribution in [0, 0.1) is 5.92 Å². The molecule has 2 fully saturated rings. The Kier molecular flexibility index (Phi) is 5.73. The van der Waals surface area contributed by atoms with Crippen LogP contribution in [-0.4, -0.2) is 71.8 Å². The smallest absolute Gasteiger partial charge is 0.268 e. The van der Waals surface area contributed by atoms with E-state index in [2.05, 4.69) is 21.9 Å². The van der Waals surface area contributed by atoms with Gasteiger partial charge in [0.05, 0.1) is 11.9 Å². The van der Waals surface area contributed by atoms with Crippen LogP contribution in [-0.2, 0) is 11.3 Å². The van der Waals surface area contributed by atoms with E-state index >= 15 is 0 Å². The van der Waals surface area contributed by atoms with Crippen LogP contribution >= 0.6 is 0 Å². The second-order valence-corrected chi connectivity index (χ2v) is 7.17. The minimum atomic E-state index is -0.0463. The first-order valence-corrected chi connectivity index (χ1v) is 9.38. The van der Waals surface area contributed by atoms with E-state index in [0.717, 1.165) is 64.2 Å². The number of aryl methyl sites for hydroxylation is 1. The summed E-state index contributed by atoms with van der Waals surface area (Å²) in [5, 5.41) is 4.26. The zero-order chi connectivity index (χ0) is 17.8. The highest BCUT2D eigenvalue weighted by molar-refractivity contribution is 5.79. The molecule has 1 amide bonds. The fourth-order valence-electron chi connectivity index (χ4n) is 3.65. The van der Waals surface area contributed by atoms with Crippen molar-refractivity contribution in [3.63, 3.8) is 0 Å². The molecular formula is C18H29N5O2. The minimum absolute atomic E-state index is 0.0463. The van der Waals surface area contributed by atoms with Gasteiger partial charge in [-0.05, 0) is 26.3 Å². The van der Waals surface area contributed by atoms with Gasteiger partial charge in [0.15, 0.2) is 0 Å². The van der Waals surface area contributed by atoms with E-state index in [1.54, 1.807) is 12.3 Å². The summed E-state index contributed by atoms with van der Waals surface area (Å²) in [5.41, 5.74) is 0.831. The van der Waals surface area contributed by atoms with E-state index in [9.17, 15) is 9.59 Å². The molecule has 2 aliphatic heterocycles. The lowest BCUT2D eigenvalue weighted by Gasteiger charge is -2.38. The van der Waals surface area contributed by atoms with Crippen LogP contribution in [0.2, 0.25) is 0 Å². The van der Waals surface area contributed by atoms with Gasteiger partial charge in [0, 0.05) is 57.8 Å². The molecule has 0 aromatic carbocycles. The lowest BCUT2D eigenvalue weighted by molar-refractivity contribution is -0.137. The molecule has 0 radical (unpaired) electrons. The Morgan fingerprint density at radius 1 is 1.16 bits per heavy atom. The molecule has 1 aromatic rings. The van der Waals surface area contributed by atoms with Crippen LogP contribution in [0.1, 0.15) is 26.2 Å². The Balaban J connectivity index is 1.55. The van der Waals surface area contributed by atoms with Crippen LogP contribution in [0.15, 0.2) is 17.1 Å². The second-order valence-electron chi connectivity index (χ2n) is 7.17. The number of piperidine rings is 1. The number of nitrogens with zero attached hydrogens (tertiary/aromatic N) is 5. The van der Waals surface area contributed by atoms with Gasteiger partial charge in [0.2, 0.25) is 5.91 Å². The third kappa shape index (κ3) is 4.21. The van der Waals surface area contributed by atoms with E-state index in [4.69, 9.17) is 0 Å². The van der Waals surface area contributed by atoms with Gasteiger partial charge in [-0.3, -0.25) is 9.59 Å². The summed E-state index contributed by atoms with van der Waals surface area (Å²) in [4.78, 5) is 31.2. The number of carbonyl (C=O) groups is 1. The topological polar surface area (TPSA) is 61.7 Å². The fraction of sp³-hybridized carbons (Fsp3) is 0.722. The standard InChI is InChI=1S/C18H29N5O2/c1-3-6-23-17(24)13-16(14-19-23)21-7-4-15(5-8-21)18(25)22-11-9-20(2)10-12-22/h13-15H,3-12H2,1-2H3. The molecule has 0 atom stereocenters. The van der Waals surface area contributed by atoms with Crippen LogP contribution in [0.3, 0.4) is 0 Å². The molecule has 2 aliphatic rings. The number of hydrogen-bond acceptors (Lipinski definition) is 5. The van der Waals surface area contributed by atoms with Crippen molar-refractivity contribution >= 4 is 11.6 Å². The summed E-state index contributed by atoms with van der Waals surface area (Å²) in [7, 11) is 2.10. The number of likely N-dealkylation sites (N-methyl/N-ethyl adjacent to an activating group) is 1. The molecule has 138 valence electrons. The van der Waals surface area contributed by atoms with Gasteiger partial charge in [-0.25, -0.2) is 4.68 Å². The molecule has 0 bridgehead atoms. The Morgan fingerprint density at radius 2 is 1.84 bits per heavy atom. The highest BCUT2D eigenvalue weighted by Crippen LogP contribution is 2.24. The minimum Gasteiger partial charge on any atom is -0.370 e. The van der Waals surface area contributed by atoms with Crippen LogP contribution in [0.25, 0.3) is 0 Å². The van der Waals surface area contributed by atoms with Crippen molar-refractivity contribution in [1.29, 1.82) is 0 Å². The summed E-state index contributed by atoms with van der Waals surface area (Å²) in [6, 6.07) is 1.67. The van der Waals surface area contributed by atoms with E-state index in [-0.39, 0.29) is 11.5 Å². The first-order chi connectivity index (χ1) is 12.1. The quantitative estimate of drug-likeness (QED) is 0.800. The molecule has 7 nitrogen and oxygen atoms in total. The molecule has 0 spiro atoms. The lowest BCUT2D eigenvalue weighted by Crippen LogP contribution is -2.50. The predicted molar refractivity (Wildman–Crippen MR) is 97.8 cm³/mol. The van der Waals surface area contributed by atoms with E-state index in [1.165, 1.54) is 4.68 Å². The molecule has 7 heteroatoms.